The van der Waals surface area contributed by atoms with E-state index in [1.807, 2.05) is 12.3 Å². The Balaban J connectivity index is 0.000000394. The standard InChI is InChI=1S/C29H20NO.C5H8O2.Ir/c1-18-6-5-7-19(2)28(18)27-17-25-26(31-27)14-15-30-29(25)22-12-13-24-21(16-22)11-10-20-8-3-4-9-23(20)24;1-4(6)3-5(2)7;/h3-11,13-17H,1-2H3;3,6H,1-2H3;/q-1;;/b;4-3-;. The fourth-order valence-corrected chi connectivity index (χ4v) is 4.88. The van der Waals surface area contributed by atoms with Gasteiger partial charge < -0.3 is 14.5 Å². The van der Waals surface area contributed by atoms with E-state index in [-0.39, 0.29) is 31.6 Å². The third-order valence-electron chi connectivity index (χ3n) is 6.52. The van der Waals surface area contributed by atoms with Crippen molar-refractivity contribution in [2.45, 2.75) is 27.7 Å². The molecule has 0 fully saturated rings. The minimum absolute atomic E-state index is 0. The van der Waals surface area contributed by atoms with Gasteiger partial charge in [0.1, 0.15) is 11.3 Å². The first-order chi connectivity index (χ1) is 18.3. The summed E-state index contributed by atoms with van der Waals surface area (Å²) < 4.78 is 6.27. The van der Waals surface area contributed by atoms with Crippen molar-refractivity contribution in [1.82, 2.24) is 4.98 Å². The van der Waals surface area contributed by atoms with Gasteiger partial charge in [-0.1, -0.05) is 65.4 Å². The van der Waals surface area contributed by atoms with Crippen molar-refractivity contribution in [3.05, 3.63) is 114 Å². The molecule has 0 unspecified atom stereocenters. The maximum absolute atomic E-state index is 10.0. The minimum atomic E-state index is -0.125. The van der Waals surface area contributed by atoms with Crippen molar-refractivity contribution >= 4 is 38.3 Å². The molecule has 0 atom stereocenters. The summed E-state index contributed by atoms with van der Waals surface area (Å²) in [7, 11) is 0. The molecule has 39 heavy (non-hydrogen) atoms. The summed E-state index contributed by atoms with van der Waals surface area (Å²) in [4.78, 5) is 14.7. The predicted molar refractivity (Wildman–Crippen MR) is 155 cm³/mol. The van der Waals surface area contributed by atoms with E-state index in [4.69, 9.17) is 14.5 Å². The fraction of sp³-hybridized carbons (Fsp3) is 0.118. The van der Waals surface area contributed by atoms with E-state index < -0.39 is 0 Å². The van der Waals surface area contributed by atoms with E-state index in [1.165, 1.54) is 52.6 Å². The van der Waals surface area contributed by atoms with Gasteiger partial charge in [0.25, 0.3) is 0 Å². The van der Waals surface area contributed by atoms with Crippen LogP contribution in [0.25, 0.3) is 55.1 Å². The second-order valence-corrected chi connectivity index (χ2v) is 9.48. The molecule has 0 aliphatic carbocycles. The summed E-state index contributed by atoms with van der Waals surface area (Å²) in [5.41, 5.74) is 6.28. The predicted octanol–water partition coefficient (Wildman–Crippen LogP) is 8.92. The minimum Gasteiger partial charge on any atom is -0.512 e. The fourth-order valence-electron chi connectivity index (χ4n) is 4.88. The number of aryl methyl sites for hydroxylation is 2. The third-order valence-corrected chi connectivity index (χ3v) is 6.52. The Hall–Kier alpha value is -4.05. The molecule has 0 saturated heterocycles. The molecule has 0 spiro atoms. The molecule has 0 amide bonds. The number of aromatic nitrogens is 1. The zero-order chi connectivity index (χ0) is 26.8. The average Bonchev–Trinajstić information content (AvgIpc) is 3.31. The largest absolute Gasteiger partial charge is 0.512 e. The van der Waals surface area contributed by atoms with E-state index in [0.717, 1.165) is 33.6 Å². The van der Waals surface area contributed by atoms with Crippen molar-refractivity contribution in [1.29, 1.82) is 0 Å². The van der Waals surface area contributed by atoms with Gasteiger partial charge in [-0.25, -0.2) is 0 Å². The number of benzene rings is 4. The van der Waals surface area contributed by atoms with Gasteiger partial charge in [-0.05, 0) is 62.0 Å². The van der Waals surface area contributed by atoms with Crippen LogP contribution in [-0.4, -0.2) is 15.9 Å². The third kappa shape index (κ3) is 5.85. The van der Waals surface area contributed by atoms with Crippen LogP contribution in [-0.2, 0) is 24.9 Å². The normalized spacial score (nSPS) is 11.2. The molecule has 2 heterocycles. The number of carbonyl (C=O) groups excluding carboxylic acids is 1. The van der Waals surface area contributed by atoms with Gasteiger partial charge in [0.05, 0.1) is 5.76 Å². The molecule has 0 aliphatic rings. The molecule has 5 heteroatoms. The van der Waals surface area contributed by atoms with Gasteiger partial charge in [-0.2, -0.15) is 0 Å². The topological polar surface area (TPSA) is 63.3 Å². The van der Waals surface area contributed by atoms with Crippen LogP contribution in [0.1, 0.15) is 25.0 Å². The maximum Gasteiger partial charge on any atom is 0.155 e. The number of fused-ring (bicyclic) bond motifs is 4. The monoisotopic (exact) mass is 691 g/mol. The molecule has 4 aromatic carbocycles. The number of aliphatic hydroxyl groups excluding tert-OH is 1. The molecule has 0 aliphatic heterocycles. The Morgan fingerprint density at radius 3 is 2.28 bits per heavy atom. The van der Waals surface area contributed by atoms with E-state index in [2.05, 4.69) is 92.7 Å². The molecule has 0 saturated carbocycles. The Bertz CT molecular complexity index is 1820. The first kappa shape index (κ1) is 28.0. The van der Waals surface area contributed by atoms with Crippen LogP contribution in [0, 0.1) is 19.9 Å². The zero-order valence-corrected chi connectivity index (χ0v) is 24.6. The number of nitrogens with zero attached hydrogens (tertiary/aromatic N) is 1. The Morgan fingerprint density at radius 1 is 0.872 bits per heavy atom. The molecular weight excluding hydrogens is 663 g/mol. The van der Waals surface area contributed by atoms with Gasteiger partial charge in [-0.15, -0.1) is 29.1 Å². The Kier molecular flexibility index (Phi) is 8.44. The molecular formula is C34H28IrNO3-. The number of rotatable bonds is 3. The first-order valence-electron chi connectivity index (χ1n) is 12.5. The van der Waals surface area contributed by atoms with Crippen LogP contribution < -0.4 is 0 Å². The number of pyridine rings is 1. The molecule has 2 aromatic heterocycles. The Morgan fingerprint density at radius 2 is 1.59 bits per heavy atom. The summed E-state index contributed by atoms with van der Waals surface area (Å²) in [6.07, 6.45) is 2.98. The number of furan rings is 1. The smallest absolute Gasteiger partial charge is 0.155 e. The molecule has 6 aromatic rings. The van der Waals surface area contributed by atoms with E-state index in [9.17, 15) is 4.79 Å². The average molecular weight is 691 g/mol. The van der Waals surface area contributed by atoms with E-state index in [1.54, 1.807) is 0 Å². The van der Waals surface area contributed by atoms with Gasteiger partial charge in [-0.3, -0.25) is 4.79 Å². The number of hydrogen-bond donors (Lipinski definition) is 1. The summed E-state index contributed by atoms with van der Waals surface area (Å²) in [5.74, 6) is 0.819. The quantitative estimate of drug-likeness (QED) is 0.0872. The number of carbonyl (C=O) groups is 1. The van der Waals surface area contributed by atoms with Crippen LogP contribution in [0.3, 0.4) is 0 Å². The van der Waals surface area contributed by atoms with Crippen LogP contribution in [0.5, 0.6) is 0 Å². The molecule has 4 nitrogen and oxygen atoms in total. The Labute approximate surface area is 241 Å². The maximum atomic E-state index is 10.0. The number of aliphatic hydroxyl groups is 1. The van der Waals surface area contributed by atoms with Crippen LogP contribution >= 0.6 is 0 Å². The SMILES string of the molecule is CC(=O)/C=C(/C)O.Cc1cccc(C)c1-c1cc2c(-c3[c-]cc4c(ccc5ccccc54)c3)nccc2o1.[Ir]. The van der Waals surface area contributed by atoms with Crippen molar-refractivity contribution in [3.63, 3.8) is 0 Å². The molecule has 197 valence electrons. The van der Waals surface area contributed by atoms with Crippen molar-refractivity contribution in [2.24, 2.45) is 0 Å². The molecule has 1 N–H and O–H groups in total. The number of ketones is 1. The van der Waals surface area contributed by atoms with Crippen LogP contribution in [0.2, 0.25) is 0 Å². The molecule has 0 bridgehead atoms. The first-order valence-corrected chi connectivity index (χ1v) is 12.5. The van der Waals surface area contributed by atoms with Crippen molar-refractivity contribution < 1.29 is 34.4 Å². The van der Waals surface area contributed by atoms with Gasteiger partial charge >= 0.3 is 0 Å². The van der Waals surface area contributed by atoms with Gasteiger partial charge in [0, 0.05) is 43.3 Å². The zero-order valence-electron chi connectivity index (χ0n) is 22.2. The second kappa shape index (κ2) is 11.8. The van der Waals surface area contributed by atoms with Gasteiger partial charge in [0.15, 0.2) is 5.78 Å². The summed E-state index contributed by atoms with van der Waals surface area (Å²) in [6.45, 7) is 7.09. The molecule has 1 radical (unpaired) electrons. The molecule has 6 rings (SSSR count). The summed E-state index contributed by atoms with van der Waals surface area (Å²) >= 11 is 0. The van der Waals surface area contributed by atoms with Crippen molar-refractivity contribution in [3.8, 4) is 22.6 Å². The van der Waals surface area contributed by atoms with Crippen molar-refractivity contribution in [2.75, 3.05) is 0 Å². The van der Waals surface area contributed by atoms with Crippen LogP contribution in [0.15, 0.2) is 101 Å². The second-order valence-electron chi connectivity index (χ2n) is 9.48. The summed E-state index contributed by atoms with van der Waals surface area (Å²) in [5, 5.41) is 14.2. The van der Waals surface area contributed by atoms with Gasteiger partial charge in [0.2, 0.25) is 0 Å². The van der Waals surface area contributed by atoms with E-state index >= 15 is 0 Å². The van der Waals surface area contributed by atoms with Crippen LogP contribution in [0.4, 0.5) is 0 Å². The number of allylic oxidation sites excluding steroid dienone is 2. The van der Waals surface area contributed by atoms with E-state index in [0.29, 0.717) is 0 Å². The summed E-state index contributed by atoms with van der Waals surface area (Å²) in [6, 6.07) is 30.9. The number of hydrogen-bond acceptors (Lipinski definition) is 4.